The number of anilines is 2. The van der Waals surface area contributed by atoms with Crippen molar-refractivity contribution in [2.75, 3.05) is 30.8 Å². The molecule has 0 saturated heterocycles. The molecule has 0 fully saturated rings. The predicted molar refractivity (Wildman–Crippen MR) is 72.0 cm³/mol. The maximum Gasteiger partial charge on any atom is 0.239 e. The van der Waals surface area contributed by atoms with E-state index in [0.717, 1.165) is 25.1 Å². The van der Waals surface area contributed by atoms with Crippen LogP contribution in [0, 0.1) is 0 Å². The van der Waals surface area contributed by atoms with Gasteiger partial charge in [0.25, 0.3) is 0 Å². The highest BCUT2D eigenvalue weighted by Crippen LogP contribution is 2.20. The van der Waals surface area contributed by atoms with E-state index in [9.17, 15) is 4.79 Å². The molecule has 1 aromatic rings. The summed E-state index contributed by atoms with van der Waals surface area (Å²) in [5, 5.41) is 2.88. The zero-order valence-electron chi connectivity index (χ0n) is 10.6. The summed E-state index contributed by atoms with van der Waals surface area (Å²) in [6.45, 7) is 3.17. The van der Waals surface area contributed by atoms with Gasteiger partial charge >= 0.3 is 0 Å². The second-order valence-electron chi connectivity index (χ2n) is 4.12. The molecule has 0 bridgehead atoms. The molecule has 0 unspecified atom stereocenters. The topological polar surface area (TPSA) is 58.4 Å². The lowest BCUT2D eigenvalue weighted by Crippen LogP contribution is -2.35. The van der Waals surface area contributed by atoms with Crippen molar-refractivity contribution in [1.82, 2.24) is 5.32 Å². The molecule has 94 valence electrons. The summed E-state index contributed by atoms with van der Waals surface area (Å²) >= 11 is 0. The molecular weight excluding hydrogens is 214 g/mol. The molecule has 0 saturated carbocycles. The van der Waals surface area contributed by atoms with Crippen LogP contribution in [0.1, 0.15) is 19.8 Å². The lowest BCUT2D eigenvalue weighted by atomic mass is 10.2. The fourth-order valence-electron chi connectivity index (χ4n) is 1.60. The van der Waals surface area contributed by atoms with Gasteiger partial charge in [0.05, 0.1) is 17.9 Å². The van der Waals surface area contributed by atoms with Crippen molar-refractivity contribution in [3.63, 3.8) is 0 Å². The molecule has 4 nitrogen and oxygen atoms in total. The van der Waals surface area contributed by atoms with E-state index in [-0.39, 0.29) is 5.91 Å². The van der Waals surface area contributed by atoms with Crippen molar-refractivity contribution in [1.29, 1.82) is 0 Å². The van der Waals surface area contributed by atoms with Gasteiger partial charge in [0, 0.05) is 13.6 Å². The Morgan fingerprint density at radius 2 is 2.12 bits per heavy atom. The van der Waals surface area contributed by atoms with E-state index in [1.807, 2.05) is 36.2 Å². The molecule has 0 heterocycles. The van der Waals surface area contributed by atoms with Crippen molar-refractivity contribution in [3.8, 4) is 0 Å². The average Bonchev–Trinajstić information content (AvgIpc) is 2.29. The van der Waals surface area contributed by atoms with Crippen molar-refractivity contribution in [3.05, 3.63) is 24.3 Å². The number of nitrogens with zero attached hydrogens (tertiary/aromatic N) is 1. The maximum atomic E-state index is 11.6. The monoisotopic (exact) mass is 235 g/mol. The van der Waals surface area contributed by atoms with E-state index >= 15 is 0 Å². The first-order valence-corrected chi connectivity index (χ1v) is 5.97. The summed E-state index contributed by atoms with van der Waals surface area (Å²) in [4.78, 5) is 13.5. The smallest absolute Gasteiger partial charge is 0.239 e. The highest BCUT2D eigenvalue weighted by Gasteiger charge is 2.08. The number of hydrogen-bond acceptors (Lipinski definition) is 3. The maximum absolute atomic E-state index is 11.6. The summed E-state index contributed by atoms with van der Waals surface area (Å²) in [7, 11) is 1.87. The Kier molecular flexibility index (Phi) is 5.33. The van der Waals surface area contributed by atoms with Gasteiger partial charge in [-0.2, -0.15) is 0 Å². The minimum atomic E-state index is 0.0317. The van der Waals surface area contributed by atoms with Crippen LogP contribution in [0.5, 0.6) is 0 Å². The van der Waals surface area contributed by atoms with Crippen LogP contribution in [0.25, 0.3) is 0 Å². The van der Waals surface area contributed by atoms with Gasteiger partial charge in [0.15, 0.2) is 0 Å². The van der Waals surface area contributed by atoms with Gasteiger partial charge in [-0.1, -0.05) is 25.5 Å². The number of nitrogen functional groups attached to an aromatic ring is 1. The second-order valence-corrected chi connectivity index (χ2v) is 4.12. The Morgan fingerprint density at radius 1 is 1.41 bits per heavy atom. The SMILES string of the molecule is CCCCNC(=O)CN(C)c1ccccc1N. The first-order chi connectivity index (χ1) is 8.15. The molecule has 0 aliphatic heterocycles. The van der Waals surface area contributed by atoms with Crippen LogP contribution < -0.4 is 16.0 Å². The summed E-state index contributed by atoms with van der Waals surface area (Å²) < 4.78 is 0. The number of carbonyl (C=O) groups excluding carboxylic acids is 1. The molecule has 1 aromatic carbocycles. The number of hydrogen-bond donors (Lipinski definition) is 2. The number of likely N-dealkylation sites (N-methyl/N-ethyl adjacent to an activating group) is 1. The first kappa shape index (κ1) is 13.4. The van der Waals surface area contributed by atoms with E-state index in [1.54, 1.807) is 0 Å². The quantitative estimate of drug-likeness (QED) is 0.582. The van der Waals surface area contributed by atoms with Gasteiger partial charge in [-0.05, 0) is 18.6 Å². The zero-order valence-corrected chi connectivity index (χ0v) is 10.6. The predicted octanol–water partition coefficient (Wildman–Crippen LogP) is 1.62. The van der Waals surface area contributed by atoms with Crippen molar-refractivity contribution in [2.45, 2.75) is 19.8 Å². The number of nitrogens with one attached hydrogen (secondary N) is 1. The van der Waals surface area contributed by atoms with E-state index in [4.69, 9.17) is 5.73 Å². The number of amides is 1. The van der Waals surface area contributed by atoms with Gasteiger partial charge < -0.3 is 16.0 Å². The van der Waals surface area contributed by atoms with Gasteiger partial charge in [0.2, 0.25) is 5.91 Å². The molecule has 0 spiro atoms. The van der Waals surface area contributed by atoms with E-state index in [2.05, 4.69) is 12.2 Å². The van der Waals surface area contributed by atoms with Crippen LogP contribution in [-0.4, -0.2) is 26.0 Å². The van der Waals surface area contributed by atoms with Crippen molar-refractivity contribution < 1.29 is 4.79 Å². The largest absolute Gasteiger partial charge is 0.397 e. The Balaban J connectivity index is 2.46. The zero-order chi connectivity index (χ0) is 12.7. The molecule has 3 N–H and O–H groups in total. The molecule has 0 aromatic heterocycles. The fraction of sp³-hybridized carbons (Fsp3) is 0.462. The number of benzene rings is 1. The van der Waals surface area contributed by atoms with Gasteiger partial charge in [-0.3, -0.25) is 4.79 Å². The van der Waals surface area contributed by atoms with E-state index in [0.29, 0.717) is 12.2 Å². The first-order valence-electron chi connectivity index (χ1n) is 5.97. The van der Waals surface area contributed by atoms with E-state index in [1.165, 1.54) is 0 Å². The summed E-state index contributed by atoms with van der Waals surface area (Å²) in [5.74, 6) is 0.0317. The lowest BCUT2D eigenvalue weighted by Gasteiger charge is -2.20. The van der Waals surface area contributed by atoms with Crippen LogP contribution in [-0.2, 0) is 4.79 Å². The van der Waals surface area contributed by atoms with Crippen LogP contribution in [0.4, 0.5) is 11.4 Å². The molecule has 0 aliphatic carbocycles. The van der Waals surface area contributed by atoms with Crippen LogP contribution >= 0.6 is 0 Å². The minimum absolute atomic E-state index is 0.0317. The highest BCUT2D eigenvalue weighted by molar-refractivity contribution is 5.82. The summed E-state index contributed by atoms with van der Waals surface area (Å²) in [6.07, 6.45) is 2.10. The van der Waals surface area contributed by atoms with Gasteiger partial charge in [0.1, 0.15) is 0 Å². The Hall–Kier alpha value is -1.71. The van der Waals surface area contributed by atoms with Gasteiger partial charge in [-0.25, -0.2) is 0 Å². The second kappa shape index (κ2) is 6.78. The molecular formula is C13H21N3O. The van der Waals surface area contributed by atoms with Crippen molar-refractivity contribution >= 4 is 17.3 Å². The average molecular weight is 235 g/mol. The summed E-state index contributed by atoms with van der Waals surface area (Å²) in [5.41, 5.74) is 7.42. The third-order valence-electron chi connectivity index (χ3n) is 2.58. The third-order valence-corrected chi connectivity index (χ3v) is 2.58. The number of unbranched alkanes of at least 4 members (excludes halogenated alkanes) is 1. The number of rotatable bonds is 6. The molecule has 0 radical (unpaired) electrons. The van der Waals surface area contributed by atoms with Crippen LogP contribution in [0.3, 0.4) is 0 Å². The van der Waals surface area contributed by atoms with Crippen molar-refractivity contribution in [2.24, 2.45) is 0 Å². The standard InChI is InChI=1S/C13H21N3O/c1-3-4-9-15-13(17)10-16(2)12-8-6-5-7-11(12)14/h5-8H,3-4,9-10,14H2,1-2H3,(H,15,17). The molecule has 4 heteroatoms. The molecule has 1 amide bonds. The Bertz CT molecular complexity index is 365. The van der Waals surface area contributed by atoms with E-state index < -0.39 is 0 Å². The number of nitrogens with two attached hydrogens (primary N) is 1. The third kappa shape index (κ3) is 4.34. The lowest BCUT2D eigenvalue weighted by molar-refractivity contribution is -0.119. The fourth-order valence-corrected chi connectivity index (χ4v) is 1.60. The molecule has 1 rings (SSSR count). The normalized spacial score (nSPS) is 10.0. The highest BCUT2D eigenvalue weighted by atomic mass is 16.2. The van der Waals surface area contributed by atoms with Crippen LogP contribution in [0.15, 0.2) is 24.3 Å². The minimum Gasteiger partial charge on any atom is -0.397 e. The van der Waals surface area contributed by atoms with Gasteiger partial charge in [-0.15, -0.1) is 0 Å². The molecule has 0 atom stereocenters. The Morgan fingerprint density at radius 3 is 2.76 bits per heavy atom. The number of para-hydroxylation sites is 2. The summed E-state index contributed by atoms with van der Waals surface area (Å²) in [6, 6.07) is 7.54. The number of carbonyl (C=O) groups is 1. The molecule has 17 heavy (non-hydrogen) atoms. The Labute approximate surface area is 103 Å². The van der Waals surface area contributed by atoms with Crippen LogP contribution in [0.2, 0.25) is 0 Å². The molecule has 0 aliphatic rings.